The van der Waals surface area contributed by atoms with E-state index in [0.717, 1.165) is 23.8 Å². The third-order valence-corrected chi connectivity index (χ3v) is 3.37. The minimum absolute atomic E-state index is 0.797. The first-order valence-electron chi connectivity index (χ1n) is 6.39. The van der Waals surface area contributed by atoms with Gasteiger partial charge in [0.25, 0.3) is 0 Å². The Morgan fingerprint density at radius 1 is 1.05 bits per heavy atom. The van der Waals surface area contributed by atoms with Gasteiger partial charge in [-0.05, 0) is 30.3 Å². The number of nitrogens with zero attached hydrogens (tertiary/aromatic N) is 1. The van der Waals surface area contributed by atoms with Crippen molar-refractivity contribution < 1.29 is 0 Å². The lowest BCUT2D eigenvalue weighted by Crippen LogP contribution is -2.17. The van der Waals surface area contributed by atoms with Crippen LogP contribution in [-0.2, 0) is 13.1 Å². The van der Waals surface area contributed by atoms with Crippen molar-refractivity contribution >= 4 is 17.3 Å². The van der Waals surface area contributed by atoms with Crippen LogP contribution in [0, 0.1) is 0 Å². The van der Waals surface area contributed by atoms with Crippen molar-refractivity contribution in [2.75, 3.05) is 19.0 Å². The van der Waals surface area contributed by atoms with Gasteiger partial charge in [-0.1, -0.05) is 48.0 Å². The van der Waals surface area contributed by atoms with Crippen molar-refractivity contribution in [3.63, 3.8) is 0 Å². The summed E-state index contributed by atoms with van der Waals surface area (Å²) in [7, 11) is 4.00. The van der Waals surface area contributed by atoms with Gasteiger partial charge >= 0.3 is 0 Å². The first kappa shape index (κ1) is 13.9. The van der Waals surface area contributed by atoms with Crippen molar-refractivity contribution in [3.8, 4) is 0 Å². The molecule has 2 aromatic carbocycles. The van der Waals surface area contributed by atoms with Crippen LogP contribution in [0.25, 0.3) is 0 Å². The third-order valence-electron chi connectivity index (χ3n) is 3.07. The van der Waals surface area contributed by atoms with E-state index < -0.39 is 0 Å². The van der Waals surface area contributed by atoms with Gasteiger partial charge in [-0.25, -0.2) is 0 Å². The maximum Gasteiger partial charge on any atom is 0.0642 e. The first-order chi connectivity index (χ1) is 9.20. The van der Waals surface area contributed by atoms with E-state index in [9.17, 15) is 0 Å². The SMILES string of the molecule is CNCc1ccc(N(C)Cc2ccccc2)c(Cl)c1. The number of halogens is 1. The summed E-state index contributed by atoms with van der Waals surface area (Å²) in [4.78, 5) is 2.17. The maximum absolute atomic E-state index is 6.36. The predicted octanol–water partition coefficient (Wildman–Crippen LogP) is 3.70. The Bertz CT molecular complexity index is 526. The molecule has 0 unspecified atom stereocenters. The molecule has 0 heterocycles. The lowest BCUT2D eigenvalue weighted by molar-refractivity contribution is 0.817. The van der Waals surface area contributed by atoms with E-state index in [1.165, 1.54) is 11.1 Å². The molecule has 0 radical (unpaired) electrons. The molecule has 0 aliphatic rings. The lowest BCUT2D eigenvalue weighted by atomic mass is 10.1. The van der Waals surface area contributed by atoms with Gasteiger partial charge in [0, 0.05) is 20.1 Å². The second-order valence-electron chi connectivity index (χ2n) is 4.66. The lowest BCUT2D eigenvalue weighted by Gasteiger charge is -2.21. The molecule has 3 heteroatoms. The highest BCUT2D eigenvalue weighted by atomic mass is 35.5. The van der Waals surface area contributed by atoms with Crippen LogP contribution in [0.15, 0.2) is 48.5 Å². The van der Waals surface area contributed by atoms with E-state index in [1.807, 2.05) is 19.2 Å². The molecule has 2 rings (SSSR count). The van der Waals surface area contributed by atoms with Gasteiger partial charge in [-0.3, -0.25) is 0 Å². The summed E-state index contributed by atoms with van der Waals surface area (Å²) >= 11 is 6.36. The number of anilines is 1. The van der Waals surface area contributed by atoms with E-state index in [4.69, 9.17) is 11.6 Å². The monoisotopic (exact) mass is 274 g/mol. The molecule has 0 amide bonds. The zero-order valence-corrected chi connectivity index (χ0v) is 12.1. The smallest absolute Gasteiger partial charge is 0.0642 e. The maximum atomic E-state index is 6.36. The van der Waals surface area contributed by atoms with Crippen molar-refractivity contribution in [2.45, 2.75) is 13.1 Å². The number of rotatable bonds is 5. The average Bonchev–Trinajstić information content (AvgIpc) is 2.40. The second kappa shape index (κ2) is 6.60. The van der Waals surface area contributed by atoms with Gasteiger partial charge in [-0.2, -0.15) is 0 Å². The summed E-state index contributed by atoms with van der Waals surface area (Å²) in [5.41, 5.74) is 3.54. The Hall–Kier alpha value is -1.51. The van der Waals surface area contributed by atoms with Gasteiger partial charge in [0.05, 0.1) is 10.7 Å². The molecule has 0 fully saturated rings. The van der Waals surface area contributed by atoms with Crippen LogP contribution in [-0.4, -0.2) is 14.1 Å². The summed E-state index contributed by atoms with van der Waals surface area (Å²) in [6.07, 6.45) is 0. The van der Waals surface area contributed by atoms with E-state index in [-0.39, 0.29) is 0 Å². The zero-order valence-electron chi connectivity index (χ0n) is 11.4. The van der Waals surface area contributed by atoms with Crippen LogP contribution in [0.1, 0.15) is 11.1 Å². The number of benzene rings is 2. The Morgan fingerprint density at radius 2 is 1.79 bits per heavy atom. The molecule has 2 nitrogen and oxygen atoms in total. The molecule has 0 aromatic heterocycles. The molecule has 0 saturated heterocycles. The quantitative estimate of drug-likeness (QED) is 0.894. The molecular formula is C16H19ClN2. The normalized spacial score (nSPS) is 10.5. The number of hydrogen-bond donors (Lipinski definition) is 1. The minimum Gasteiger partial charge on any atom is -0.369 e. The zero-order chi connectivity index (χ0) is 13.7. The molecule has 1 N–H and O–H groups in total. The second-order valence-corrected chi connectivity index (χ2v) is 5.06. The van der Waals surface area contributed by atoms with Crippen LogP contribution >= 0.6 is 11.6 Å². The molecule has 0 spiro atoms. The standard InChI is InChI=1S/C16H19ClN2/c1-18-11-14-8-9-16(15(17)10-14)19(2)12-13-6-4-3-5-7-13/h3-10,18H,11-12H2,1-2H3. The highest BCUT2D eigenvalue weighted by molar-refractivity contribution is 6.33. The Labute approximate surface area is 120 Å². The molecular weight excluding hydrogens is 256 g/mol. The fourth-order valence-electron chi connectivity index (χ4n) is 2.12. The van der Waals surface area contributed by atoms with Crippen molar-refractivity contribution in [2.24, 2.45) is 0 Å². The molecule has 100 valence electrons. The Morgan fingerprint density at radius 3 is 2.42 bits per heavy atom. The summed E-state index contributed by atoms with van der Waals surface area (Å²) in [6, 6.07) is 16.6. The highest BCUT2D eigenvalue weighted by Crippen LogP contribution is 2.27. The minimum atomic E-state index is 0.797. The van der Waals surface area contributed by atoms with Crippen LogP contribution in [0.4, 0.5) is 5.69 Å². The van der Waals surface area contributed by atoms with E-state index in [2.05, 4.69) is 53.7 Å². The van der Waals surface area contributed by atoms with Crippen LogP contribution in [0.2, 0.25) is 5.02 Å². The van der Waals surface area contributed by atoms with Gasteiger partial charge < -0.3 is 10.2 Å². The molecule has 2 aromatic rings. The van der Waals surface area contributed by atoms with Gasteiger partial charge in [0.15, 0.2) is 0 Å². The van der Waals surface area contributed by atoms with Crippen molar-refractivity contribution in [1.29, 1.82) is 0 Å². The predicted molar refractivity (Wildman–Crippen MR) is 82.8 cm³/mol. The number of hydrogen-bond acceptors (Lipinski definition) is 2. The Kier molecular flexibility index (Phi) is 4.83. The summed E-state index contributed by atoms with van der Waals surface area (Å²) < 4.78 is 0. The summed E-state index contributed by atoms with van der Waals surface area (Å²) in [6.45, 7) is 1.69. The molecule has 0 bridgehead atoms. The highest BCUT2D eigenvalue weighted by Gasteiger charge is 2.07. The van der Waals surface area contributed by atoms with E-state index in [1.54, 1.807) is 0 Å². The molecule has 0 atom stereocenters. The molecule has 0 saturated carbocycles. The van der Waals surface area contributed by atoms with Gasteiger partial charge in [0.1, 0.15) is 0 Å². The van der Waals surface area contributed by atoms with Gasteiger partial charge in [0.2, 0.25) is 0 Å². The fraction of sp³-hybridized carbons (Fsp3) is 0.250. The van der Waals surface area contributed by atoms with Crippen LogP contribution in [0.3, 0.4) is 0 Å². The average molecular weight is 275 g/mol. The van der Waals surface area contributed by atoms with E-state index in [0.29, 0.717) is 0 Å². The Balaban J connectivity index is 2.13. The molecule has 0 aliphatic carbocycles. The van der Waals surface area contributed by atoms with Crippen molar-refractivity contribution in [3.05, 3.63) is 64.7 Å². The largest absolute Gasteiger partial charge is 0.369 e. The fourth-order valence-corrected chi connectivity index (χ4v) is 2.46. The van der Waals surface area contributed by atoms with Crippen LogP contribution < -0.4 is 10.2 Å². The number of nitrogens with one attached hydrogen (secondary N) is 1. The summed E-state index contributed by atoms with van der Waals surface area (Å²) in [5, 5.41) is 3.92. The summed E-state index contributed by atoms with van der Waals surface area (Å²) in [5.74, 6) is 0. The van der Waals surface area contributed by atoms with Crippen molar-refractivity contribution in [1.82, 2.24) is 5.32 Å². The topological polar surface area (TPSA) is 15.3 Å². The van der Waals surface area contributed by atoms with Gasteiger partial charge in [-0.15, -0.1) is 0 Å². The van der Waals surface area contributed by atoms with Crippen LogP contribution in [0.5, 0.6) is 0 Å². The first-order valence-corrected chi connectivity index (χ1v) is 6.76. The molecule has 19 heavy (non-hydrogen) atoms. The van der Waals surface area contributed by atoms with E-state index >= 15 is 0 Å². The molecule has 0 aliphatic heterocycles. The third kappa shape index (κ3) is 3.72.